The van der Waals surface area contributed by atoms with Crippen LogP contribution in [0, 0.1) is 11.7 Å². The van der Waals surface area contributed by atoms with Crippen LogP contribution in [-0.2, 0) is 19.6 Å². The lowest BCUT2D eigenvalue weighted by molar-refractivity contribution is -0.140. The van der Waals surface area contributed by atoms with E-state index in [4.69, 9.17) is 16.7 Å². The average Bonchev–Trinajstić information content (AvgIpc) is 2.38. The Balaban J connectivity index is 3.26. The molecule has 1 aromatic rings. The minimum Gasteiger partial charge on any atom is -0.480 e. The lowest BCUT2D eigenvalue weighted by Crippen LogP contribution is -2.44. The molecule has 0 radical (unpaired) electrons. The topological polar surface area (TPSA) is 113 Å². The van der Waals surface area contributed by atoms with Gasteiger partial charge in [-0.15, -0.1) is 0 Å². The number of benzene rings is 1. The summed E-state index contributed by atoms with van der Waals surface area (Å²) >= 11 is 5.82. The van der Waals surface area contributed by atoms with E-state index in [9.17, 15) is 22.4 Å². The number of aliphatic carboxylic acids is 1. The summed E-state index contributed by atoms with van der Waals surface area (Å²) in [6.45, 7) is 4.19. The van der Waals surface area contributed by atoms with Crippen LogP contribution in [-0.4, -0.2) is 31.4 Å². The molecule has 10 heteroatoms. The number of carbonyl (C=O) groups excluding carboxylic acids is 1. The Hall–Kier alpha value is -1.71. The predicted molar refractivity (Wildman–Crippen MR) is 82.3 cm³/mol. The maximum absolute atomic E-state index is 14.1. The molecule has 0 aliphatic carbocycles. The van der Waals surface area contributed by atoms with E-state index in [2.05, 4.69) is 5.32 Å². The van der Waals surface area contributed by atoms with Gasteiger partial charge in [0, 0.05) is 13.0 Å². The van der Waals surface area contributed by atoms with Crippen LogP contribution < -0.4 is 10.0 Å². The van der Waals surface area contributed by atoms with Crippen molar-refractivity contribution in [1.29, 1.82) is 0 Å². The van der Waals surface area contributed by atoms with E-state index in [0.29, 0.717) is 0 Å². The fraction of sp³-hybridized carbons (Fsp3) is 0.385. The quantitative estimate of drug-likeness (QED) is 0.710. The monoisotopic (exact) mass is 366 g/mol. The number of carbonyl (C=O) groups is 2. The van der Waals surface area contributed by atoms with Crippen LogP contribution in [0.4, 0.5) is 10.1 Å². The van der Waals surface area contributed by atoms with E-state index in [1.807, 2.05) is 4.72 Å². The summed E-state index contributed by atoms with van der Waals surface area (Å²) in [6, 6.07) is 0.140. The van der Waals surface area contributed by atoms with Gasteiger partial charge >= 0.3 is 5.97 Å². The van der Waals surface area contributed by atoms with Crippen LogP contribution in [0.3, 0.4) is 0 Å². The highest BCUT2D eigenvalue weighted by Gasteiger charge is 2.30. The third kappa shape index (κ3) is 4.88. The van der Waals surface area contributed by atoms with Crippen molar-refractivity contribution in [2.75, 3.05) is 5.32 Å². The van der Waals surface area contributed by atoms with Gasteiger partial charge in [0.05, 0.1) is 10.7 Å². The molecular formula is C13H16ClFN2O5S. The Bertz CT molecular complexity index is 736. The molecule has 0 aliphatic rings. The van der Waals surface area contributed by atoms with Gasteiger partial charge in [0.15, 0.2) is 0 Å². The molecule has 1 atom stereocenters. The maximum atomic E-state index is 14.1. The van der Waals surface area contributed by atoms with E-state index in [-0.39, 0.29) is 10.7 Å². The highest BCUT2D eigenvalue weighted by Crippen LogP contribution is 2.28. The van der Waals surface area contributed by atoms with Gasteiger partial charge in [-0.05, 0) is 12.0 Å². The molecule has 0 unspecified atom stereocenters. The van der Waals surface area contributed by atoms with E-state index in [0.717, 1.165) is 12.1 Å². The molecule has 23 heavy (non-hydrogen) atoms. The predicted octanol–water partition coefficient (Wildman–Crippen LogP) is 1.82. The largest absolute Gasteiger partial charge is 0.480 e. The molecule has 1 aromatic carbocycles. The van der Waals surface area contributed by atoms with Crippen molar-refractivity contribution < 1.29 is 27.5 Å². The molecule has 0 saturated carbocycles. The second-order valence-electron chi connectivity index (χ2n) is 5.12. The van der Waals surface area contributed by atoms with Crippen molar-refractivity contribution in [2.45, 2.75) is 31.7 Å². The van der Waals surface area contributed by atoms with Gasteiger partial charge in [-0.25, -0.2) is 12.8 Å². The summed E-state index contributed by atoms with van der Waals surface area (Å²) in [6.07, 6.45) is 0. The number of nitrogens with one attached hydrogen (secondary N) is 2. The van der Waals surface area contributed by atoms with Gasteiger partial charge < -0.3 is 10.4 Å². The number of hydrogen-bond donors (Lipinski definition) is 3. The lowest BCUT2D eigenvalue weighted by Gasteiger charge is -2.18. The van der Waals surface area contributed by atoms with Gasteiger partial charge in [0.1, 0.15) is 16.8 Å². The van der Waals surface area contributed by atoms with Crippen molar-refractivity contribution in [2.24, 2.45) is 5.92 Å². The minimum atomic E-state index is -4.45. The zero-order chi connectivity index (χ0) is 17.9. The van der Waals surface area contributed by atoms with E-state index >= 15 is 0 Å². The fourth-order valence-electron chi connectivity index (χ4n) is 1.72. The standard InChI is InChI=1S/C13H16ClFN2O5S/c1-6(2)12(13(19)20)17-23(21,22)11-4-8(14)10(5-9(11)15)16-7(3)18/h4-6,12,17H,1-3H3,(H,16,18)(H,19,20)/t12-/m0/s1. The molecule has 7 nitrogen and oxygen atoms in total. The molecule has 0 heterocycles. The highest BCUT2D eigenvalue weighted by molar-refractivity contribution is 7.89. The van der Waals surface area contributed by atoms with Gasteiger partial charge in [0.2, 0.25) is 15.9 Å². The first-order chi connectivity index (χ1) is 10.5. The number of carboxylic acid groups (broad SMARTS) is 1. The second kappa shape index (κ2) is 7.24. The average molecular weight is 367 g/mol. The van der Waals surface area contributed by atoms with Crippen LogP contribution in [0.15, 0.2) is 17.0 Å². The highest BCUT2D eigenvalue weighted by atomic mass is 35.5. The first-order valence-electron chi connectivity index (χ1n) is 6.47. The van der Waals surface area contributed by atoms with E-state index in [1.54, 1.807) is 0 Å². The molecule has 0 spiro atoms. The Morgan fingerprint density at radius 1 is 1.30 bits per heavy atom. The molecule has 0 aliphatic heterocycles. The smallest absolute Gasteiger partial charge is 0.322 e. The van der Waals surface area contributed by atoms with Crippen LogP contribution >= 0.6 is 11.6 Å². The Morgan fingerprint density at radius 2 is 1.87 bits per heavy atom. The molecule has 128 valence electrons. The van der Waals surface area contributed by atoms with Gasteiger partial charge in [-0.3, -0.25) is 9.59 Å². The molecule has 0 fully saturated rings. The van der Waals surface area contributed by atoms with Crippen LogP contribution in [0.1, 0.15) is 20.8 Å². The number of hydrogen-bond acceptors (Lipinski definition) is 4. The minimum absolute atomic E-state index is 0.0886. The molecule has 3 N–H and O–H groups in total. The van der Waals surface area contributed by atoms with Crippen LogP contribution in [0.5, 0.6) is 0 Å². The Morgan fingerprint density at radius 3 is 2.30 bits per heavy atom. The number of anilines is 1. The van der Waals surface area contributed by atoms with Gasteiger partial charge in [-0.2, -0.15) is 4.72 Å². The van der Waals surface area contributed by atoms with Crippen molar-refractivity contribution in [1.82, 2.24) is 4.72 Å². The second-order valence-corrected chi connectivity index (χ2v) is 7.21. The Kier molecular flexibility index (Phi) is 6.09. The van der Waals surface area contributed by atoms with Crippen molar-refractivity contribution in [3.05, 3.63) is 23.0 Å². The third-order valence-electron chi connectivity index (χ3n) is 2.84. The summed E-state index contributed by atoms with van der Waals surface area (Å²) in [5.41, 5.74) is -0.0886. The van der Waals surface area contributed by atoms with E-state index < -0.39 is 44.6 Å². The molecule has 0 saturated heterocycles. The number of carboxylic acids is 1. The SMILES string of the molecule is CC(=O)Nc1cc(F)c(S(=O)(=O)N[C@H](C(=O)O)C(C)C)cc1Cl. The molecule has 1 amide bonds. The third-order valence-corrected chi connectivity index (χ3v) is 4.61. The summed E-state index contributed by atoms with van der Waals surface area (Å²) in [4.78, 5) is 21.2. The normalized spacial score (nSPS) is 13.0. The van der Waals surface area contributed by atoms with Crippen LogP contribution in [0.2, 0.25) is 5.02 Å². The van der Waals surface area contributed by atoms with Crippen molar-refractivity contribution in [3.63, 3.8) is 0 Å². The van der Waals surface area contributed by atoms with E-state index in [1.165, 1.54) is 20.8 Å². The molecular weight excluding hydrogens is 351 g/mol. The first-order valence-corrected chi connectivity index (χ1v) is 8.33. The Labute approximate surface area is 137 Å². The lowest BCUT2D eigenvalue weighted by atomic mass is 10.1. The van der Waals surface area contributed by atoms with Gasteiger partial charge in [0.25, 0.3) is 0 Å². The molecule has 0 aromatic heterocycles. The fourth-order valence-corrected chi connectivity index (χ4v) is 3.42. The molecule has 0 bridgehead atoms. The first kappa shape index (κ1) is 19.3. The summed E-state index contributed by atoms with van der Waals surface area (Å²) in [5.74, 6) is -3.62. The van der Waals surface area contributed by atoms with Crippen LogP contribution in [0.25, 0.3) is 0 Å². The summed E-state index contributed by atoms with van der Waals surface area (Å²) in [5, 5.41) is 11.1. The summed E-state index contributed by atoms with van der Waals surface area (Å²) < 4.78 is 40.4. The zero-order valence-corrected chi connectivity index (χ0v) is 14.1. The number of amides is 1. The molecule has 1 rings (SSSR count). The zero-order valence-electron chi connectivity index (χ0n) is 12.6. The number of rotatable bonds is 6. The summed E-state index contributed by atoms with van der Waals surface area (Å²) in [7, 11) is -4.45. The maximum Gasteiger partial charge on any atom is 0.322 e. The number of sulfonamides is 1. The van der Waals surface area contributed by atoms with Crippen molar-refractivity contribution in [3.8, 4) is 0 Å². The number of halogens is 2. The van der Waals surface area contributed by atoms with Gasteiger partial charge in [-0.1, -0.05) is 25.4 Å². The van der Waals surface area contributed by atoms with Crippen molar-refractivity contribution >= 4 is 39.2 Å².